The van der Waals surface area contributed by atoms with Crippen molar-refractivity contribution in [2.24, 2.45) is 0 Å². The van der Waals surface area contributed by atoms with E-state index in [0.29, 0.717) is 24.1 Å². The fourth-order valence-corrected chi connectivity index (χ4v) is 8.95. The zero-order chi connectivity index (χ0) is 45.5. The molecule has 8 nitrogen and oxygen atoms in total. The molecule has 0 rings (SSSR count). The first kappa shape index (κ1) is 61.5. The third kappa shape index (κ3) is 50.5. The summed E-state index contributed by atoms with van der Waals surface area (Å²) in [6, 6.07) is 0. The van der Waals surface area contributed by atoms with Crippen molar-refractivity contribution in [1.82, 2.24) is 0 Å². The predicted octanol–water partition coefficient (Wildman–Crippen LogP) is 16.8. The van der Waals surface area contributed by atoms with E-state index in [1.807, 2.05) is 21.1 Å². The number of hydrogen-bond acceptors (Lipinski definition) is 6. The summed E-state index contributed by atoms with van der Waals surface area (Å²) in [5.41, 5.74) is 0. The number of hydrogen-bond donors (Lipinski definition) is 1. The van der Waals surface area contributed by atoms with Crippen LogP contribution in [-0.4, -0.2) is 75.6 Å². The number of carbonyl (C=O) groups excluding carboxylic acids is 1. The molecule has 0 spiro atoms. The minimum atomic E-state index is -4.27. The van der Waals surface area contributed by atoms with Crippen LogP contribution in [-0.2, 0) is 27.9 Å². The molecule has 0 aliphatic rings. The standard InChI is InChI=1S/C53H108NO7P/c1-6-8-10-12-14-16-18-20-21-22-23-24-25-26-27-28-29-30-31-32-33-34-35-36-38-40-42-44-46-53(55)61-52(51-60-62(56,57)59-49-47-54(3,4)5)50-58-48-45-43-41-39-37-19-17-15-13-11-9-7-2/h52H,6-51H2,1-5H3/p+1/t52-/m1/s1. The summed E-state index contributed by atoms with van der Waals surface area (Å²) >= 11 is 0. The number of quaternary nitrogens is 1. The molecular formula is C53H109NO7P+. The van der Waals surface area contributed by atoms with E-state index in [2.05, 4.69) is 13.8 Å². The fourth-order valence-electron chi connectivity index (χ4n) is 8.20. The normalized spacial score (nSPS) is 13.5. The zero-order valence-electron chi connectivity index (χ0n) is 42.4. The number of phosphoric acid groups is 1. The Morgan fingerprint density at radius 3 is 1.06 bits per heavy atom. The largest absolute Gasteiger partial charge is 0.472 e. The lowest BCUT2D eigenvalue weighted by atomic mass is 10.0. The summed E-state index contributed by atoms with van der Waals surface area (Å²) < 4.78 is 35.1. The van der Waals surface area contributed by atoms with Crippen LogP contribution in [0.1, 0.15) is 277 Å². The molecule has 0 aliphatic heterocycles. The van der Waals surface area contributed by atoms with Crippen LogP contribution in [0.2, 0.25) is 0 Å². The van der Waals surface area contributed by atoms with E-state index in [1.54, 1.807) is 0 Å². The van der Waals surface area contributed by atoms with Gasteiger partial charge in [0.15, 0.2) is 0 Å². The summed E-state index contributed by atoms with van der Waals surface area (Å²) in [4.78, 5) is 23.0. The third-order valence-corrected chi connectivity index (χ3v) is 13.4. The van der Waals surface area contributed by atoms with Crippen molar-refractivity contribution in [3.63, 3.8) is 0 Å². The predicted molar refractivity (Wildman–Crippen MR) is 266 cm³/mol. The van der Waals surface area contributed by atoms with Crippen molar-refractivity contribution in [3.8, 4) is 0 Å². The van der Waals surface area contributed by atoms with E-state index in [4.69, 9.17) is 18.5 Å². The summed E-state index contributed by atoms with van der Waals surface area (Å²) in [6.07, 6.45) is 53.1. The van der Waals surface area contributed by atoms with E-state index in [-0.39, 0.29) is 25.8 Å². The highest BCUT2D eigenvalue weighted by Gasteiger charge is 2.26. The molecule has 0 radical (unpaired) electrons. The van der Waals surface area contributed by atoms with Gasteiger partial charge >= 0.3 is 13.8 Å². The van der Waals surface area contributed by atoms with Crippen LogP contribution in [0.25, 0.3) is 0 Å². The van der Waals surface area contributed by atoms with Gasteiger partial charge < -0.3 is 18.9 Å². The molecule has 0 aromatic rings. The van der Waals surface area contributed by atoms with Gasteiger partial charge in [0.05, 0.1) is 34.4 Å². The quantitative estimate of drug-likeness (QED) is 0.0281. The first-order valence-electron chi connectivity index (χ1n) is 27.3. The topological polar surface area (TPSA) is 91.3 Å². The Balaban J connectivity index is 3.92. The van der Waals surface area contributed by atoms with Crippen LogP contribution in [0, 0.1) is 0 Å². The van der Waals surface area contributed by atoms with E-state index < -0.39 is 13.9 Å². The van der Waals surface area contributed by atoms with Gasteiger partial charge in [-0.3, -0.25) is 13.8 Å². The van der Waals surface area contributed by atoms with Gasteiger partial charge in [0.1, 0.15) is 19.3 Å². The van der Waals surface area contributed by atoms with Crippen molar-refractivity contribution in [3.05, 3.63) is 0 Å². The number of rotatable bonds is 52. The highest BCUT2D eigenvalue weighted by Crippen LogP contribution is 2.43. The van der Waals surface area contributed by atoms with Crippen LogP contribution in [0.4, 0.5) is 0 Å². The van der Waals surface area contributed by atoms with Gasteiger partial charge in [-0.25, -0.2) is 4.57 Å². The lowest BCUT2D eigenvalue weighted by Crippen LogP contribution is -2.37. The Labute approximate surface area is 387 Å². The zero-order valence-corrected chi connectivity index (χ0v) is 43.3. The molecule has 0 amide bonds. The summed E-state index contributed by atoms with van der Waals surface area (Å²) in [5, 5.41) is 0. The first-order valence-corrected chi connectivity index (χ1v) is 28.8. The molecule has 0 saturated carbocycles. The Kier molecular flexibility index (Phi) is 46.6. The number of nitrogens with zero attached hydrogens (tertiary/aromatic N) is 1. The van der Waals surface area contributed by atoms with Gasteiger partial charge in [0.2, 0.25) is 0 Å². The number of carbonyl (C=O) groups is 1. The summed E-state index contributed by atoms with van der Waals surface area (Å²) in [6.45, 7) is 5.70. The Morgan fingerprint density at radius 1 is 0.435 bits per heavy atom. The number of unbranched alkanes of at least 4 members (excludes halogenated alkanes) is 38. The Hall–Kier alpha value is -0.500. The molecular weight excluding hydrogens is 794 g/mol. The molecule has 372 valence electrons. The highest BCUT2D eigenvalue weighted by atomic mass is 31.2. The lowest BCUT2D eigenvalue weighted by Gasteiger charge is -2.24. The van der Waals surface area contributed by atoms with Gasteiger partial charge in [-0.15, -0.1) is 0 Å². The van der Waals surface area contributed by atoms with Gasteiger partial charge in [-0.2, -0.15) is 0 Å². The van der Waals surface area contributed by atoms with Crippen LogP contribution in [0.15, 0.2) is 0 Å². The SMILES string of the molecule is CCCCCCCCCCCCCCCCCCCCCCCCCCCCCCC(=O)O[C@H](COCCCCCCCCCCCCCC)COP(=O)(O)OCC[N+](C)(C)C. The van der Waals surface area contributed by atoms with E-state index in [0.717, 1.165) is 32.1 Å². The smallest absolute Gasteiger partial charge is 0.457 e. The molecule has 0 aliphatic carbocycles. The van der Waals surface area contributed by atoms with Gasteiger partial charge in [0.25, 0.3) is 0 Å². The van der Waals surface area contributed by atoms with E-state index in [9.17, 15) is 14.3 Å². The van der Waals surface area contributed by atoms with Crippen LogP contribution < -0.4 is 0 Å². The molecule has 9 heteroatoms. The number of phosphoric ester groups is 1. The fraction of sp³-hybridized carbons (Fsp3) is 0.981. The number of likely N-dealkylation sites (N-methyl/N-ethyl adjacent to an activating group) is 1. The average Bonchev–Trinajstić information content (AvgIpc) is 3.23. The molecule has 1 unspecified atom stereocenters. The Bertz CT molecular complexity index is 961. The lowest BCUT2D eigenvalue weighted by molar-refractivity contribution is -0.870. The van der Waals surface area contributed by atoms with Crippen molar-refractivity contribution in [2.75, 3.05) is 54.1 Å². The van der Waals surface area contributed by atoms with E-state index >= 15 is 0 Å². The number of ether oxygens (including phenoxy) is 2. The summed E-state index contributed by atoms with van der Waals surface area (Å²) in [5.74, 6) is -0.305. The maximum absolute atomic E-state index is 12.8. The van der Waals surface area contributed by atoms with Gasteiger partial charge in [0, 0.05) is 13.0 Å². The molecule has 1 N–H and O–H groups in total. The molecule has 0 aromatic carbocycles. The average molecular weight is 903 g/mol. The number of esters is 1. The monoisotopic (exact) mass is 903 g/mol. The summed E-state index contributed by atoms with van der Waals surface area (Å²) in [7, 11) is 1.69. The second-order valence-electron chi connectivity index (χ2n) is 20.0. The van der Waals surface area contributed by atoms with Gasteiger partial charge in [-0.1, -0.05) is 258 Å². The second-order valence-corrected chi connectivity index (χ2v) is 21.4. The molecule has 0 aromatic heterocycles. The van der Waals surface area contributed by atoms with Crippen molar-refractivity contribution >= 4 is 13.8 Å². The van der Waals surface area contributed by atoms with E-state index in [1.165, 1.54) is 225 Å². The molecule has 0 saturated heterocycles. The van der Waals surface area contributed by atoms with Crippen LogP contribution in [0.3, 0.4) is 0 Å². The van der Waals surface area contributed by atoms with Crippen LogP contribution in [0.5, 0.6) is 0 Å². The molecule has 62 heavy (non-hydrogen) atoms. The minimum absolute atomic E-state index is 0.0941. The third-order valence-electron chi connectivity index (χ3n) is 12.4. The molecule has 0 heterocycles. The maximum Gasteiger partial charge on any atom is 0.472 e. The molecule has 0 fully saturated rings. The highest BCUT2D eigenvalue weighted by molar-refractivity contribution is 7.47. The second kappa shape index (κ2) is 47.0. The van der Waals surface area contributed by atoms with Crippen LogP contribution >= 0.6 is 7.82 Å². The Morgan fingerprint density at radius 2 is 0.742 bits per heavy atom. The minimum Gasteiger partial charge on any atom is -0.457 e. The first-order chi connectivity index (χ1) is 30.1. The van der Waals surface area contributed by atoms with Crippen molar-refractivity contribution < 1.29 is 37.3 Å². The maximum atomic E-state index is 12.8. The molecule has 0 bridgehead atoms. The van der Waals surface area contributed by atoms with Crippen molar-refractivity contribution in [2.45, 2.75) is 283 Å². The van der Waals surface area contributed by atoms with Crippen molar-refractivity contribution in [1.29, 1.82) is 0 Å². The van der Waals surface area contributed by atoms with Gasteiger partial charge in [-0.05, 0) is 12.8 Å². The molecule has 2 atom stereocenters.